The molecule has 2 fully saturated rings. The van der Waals surface area contributed by atoms with Crippen LogP contribution in [0.5, 0.6) is 0 Å². The highest BCUT2D eigenvalue weighted by molar-refractivity contribution is 7.15. The number of aryl methyl sites for hydroxylation is 2. The number of hydrogen-bond acceptors (Lipinski definition) is 5. The highest BCUT2D eigenvalue weighted by Crippen LogP contribution is 2.35. The normalized spacial score (nSPS) is 20.6. The Balaban J connectivity index is 1.42. The summed E-state index contributed by atoms with van der Waals surface area (Å²) in [4.78, 5) is 26.8. The maximum atomic E-state index is 12.6. The van der Waals surface area contributed by atoms with Gasteiger partial charge in [0.25, 0.3) is 0 Å². The number of rotatable bonds is 4. The fourth-order valence-corrected chi connectivity index (χ4v) is 4.88. The Hall–Kier alpha value is -2.28. The van der Waals surface area contributed by atoms with Crippen molar-refractivity contribution in [1.29, 1.82) is 0 Å². The monoisotopic (exact) mass is 398 g/mol. The zero-order valence-corrected chi connectivity index (χ0v) is 17.2. The predicted molar refractivity (Wildman–Crippen MR) is 111 cm³/mol. The van der Waals surface area contributed by atoms with E-state index in [1.54, 1.807) is 0 Å². The summed E-state index contributed by atoms with van der Waals surface area (Å²) < 4.78 is 0. The van der Waals surface area contributed by atoms with Crippen molar-refractivity contribution >= 4 is 34.0 Å². The lowest BCUT2D eigenvalue weighted by Crippen LogP contribution is -2.24. The van der Waals surface area contributed by atoms with Gasteiger partial charge in [0.05, 0.1) is 0 Å². The second kappa shape index (κ2) is 7.99. The number of hydrogen-bond donors (Lipinski definition) is 1. The molecule has 7 heteroatoms. The molecule has 2 amide bonds. The Labute approximate surface area is 169 Å². The summed E-state index contributed by atoms with van der Waals surface area (Å²) in [6, 6.07) is 6.11. The first kappa shape index (κ1) is 19.1. The Kier molecular flexibility index (Phi) is 5.44. The van der Waals surface area contributed by atoms with Crippen LogP contribution in [0.25, 0.3) is 0 Å². The van der Waals surface area contributed by atoms with E-state index in [2.05, 4.69) is 41.5 Å². The summed E-state index contributed by atoms with van der Waals surface area (Å²) in [5.41, 5.74) is 3.33. The molecule has 0 radical (unpaired) electrons. The van der Waals surface area contributed by atoms with Gasteiger partial charge < -0.3 is 10.2 Å². The quantitative estimate of drug-likeness (QED) is 0.838. The molecule has 1 saturated heterocycles. The molecule has 1 aliphatic heterocycles. The lowest BCUT2D eigenvalue weighted by molar-refractivity contribution is -0.120. The molecule has 2 aliphatic rings. The van der Waals surface area contributed by atoms with E-state index in [1.807, 2.05) is 11.0 Å². The van der Waals surface area contributed by atoms with Gasteiger partial charge in [0, 0.05) is 30.5 Å². The lowest BCUT2D eigenvalue weighted by Gasteiger charge is -2.19. The van der Waals surface area contributed by atoms with Gasteiger partial charge >= 0.3 is 0 Å². The second-order valence-electron chi connectivity index (χ2n) is 7.94. The number of carbonyl (C=O) groups is 2. The summed E-state index contributed by atoms with van der Waals surface area (Å²) >= 11 is 1.39. The first-order valence-corrected chi connectivity index (χ1v) is 10.8. The van der Waals surface area contributed by atoms with Crippen LogP contribution in [-0.4, -0.2) is 28.6 Å². The van der Waals surface area contributed by atoms with Crippen LogP contribution < -0.4 is 10.2 Å². The molecule has 28 heavy (non-hydrogen) atoms. The summed E-state index contributed by atoms with van der Waals surface area (Å²) in [6.07, 6.45) is 5.81. The minimum atomic E-state index is 0.0203. The van der Waals surface area contributed by atoms with Crippen LogP contribution in [0, 0.1) is 19.8 Å². The predicted octanol–water partition coefficient (Wildman–Crippen LogP) is 4.19. The van der Waals surface area contributed by atoms with Gasteiger partial charge in [-0.3, -0.25) is 9.59 Å². The van der Waals surface area contributed by atoms with Crippen molar-refractivity contribution < 1.29 is 9.59 Å². The van der Waals surface area contributed by atoms with Gasteiger partial charge in [0.1, 0.15) is 5.01 Å². The third kappa shape index (κ3) is 3.94. The molecule has 0 unspecified atom stereocenters. The number of nitrogens with one attached hydrogen (secondary N) is 1. The van der Waals surface area contributed by atoms with Gasteiger partial charge in [0.15, 0.2) is 0 Å². The number of amides is 2. The van der Waals surface area contributed by atoms with Crippen molar-refractivity contribution in [1.82, 2.24) is 10.2 Å². The summed E-state index contributed by atoms with van der Waals surface area (Å²) in [5.74, 6) is 0.277. The average Bonchev–Trinajstić information content (AvgIpc) is 3.31. The first-order valence-electron chi connectivity index (χ1n) is 10.0. The van der Waals surface area contributed by atoms with Gasteiger partial charge in [0.2, 0.25) is 16.9 Å². The minimum Gasteiger partial charge on any atom is -0.312 e. The molecule has 0 spiro atoms. The van der Waals surface area contributed by atoms with E-state index in [9.17, 15) is 9.59 Å². The Morgan fingerprint density at radius 1 is 1.14 bits per heavy atom. The number of anilines is 2. The van der Waals surface area contributed by atoms with E-state index >= 15 is 0 Å². The average molecular weight is 399 g/mol. The molecule has 1 aliphatic carbocycles. The van der Waals surface area contributed by atoms with Crippen molar-refractivity contribution in [2.24, 2.45) is 5.92 Å². The molecule has 6 nitrogen and oxygen atoms in total. The van der Waals surface area contributed by atoms with Gasteiger partial charge in [-0.25, -0.2) is 0 Å². The summed E-state index contributed by atoms with van der Waals surface area (Å²) in [5, 5.41) is 12.7. The van der Waals surface area contributed by atoms with E-state index < -0.39 is 0 Å². The molecule has 148 valence electrons. The van der Waals surface area contributed by atoms with E-state index in [0.717, 1.165) is 36.4 Å². The zero-order chi connectivity index (χ0) is 19.7. The van der Waals surface area contributed by atoms with E-state index in [4.69, 9.17) is 0 Å². The van der Waals surface area contributed by atoms with Crippen LogP contribution >= 0.6 is 11.3 Å². The Bertz CT molecular complexity index is 888. The highest BCUT2D eigenvalue weighted by atomic mass is 32.1. The van der Waals surface area contributed by atoms with E-state index in [1.165, 1.54) is 28.9 Å². The van der Waals surface area contributed by atoms with Crippen molar-refractivity contribution in [2.75, 3.05) is 16.8 Å². The third-order valence-electron chi connectivity index (χ3n) is 5.92. The molecular formula is C21H26N4O2S. The fourth-order valence-electron chi connectivity index (χ4n) is 4.04. The molecule has 0 bridgehead atoms. The molecule has 1 N–H and O–H groups in total. The Morgan fingerprint density at radius 3 is 2.68 bits per heavy atom. The van der Waals surface area contributed by atoms with Gasteiger partial charge in [-0.15, -0.1) is 10.2 Å². The standard InChI is InChI=1S/C21H26N4O2S/c1-13-8-9-17(10-14(13)2)25-12-16(11-18(25)26)20-23-24-21(28-20)22-19(27)15-6-4-3-5-7-15/h8-10,15-16H,3-7,11-12H2,1-2H3,(H,22,24,27)/t16-/m0/s1. The van der Waals surface area contributed by atoms with Gasteiger partial charge in [-0.2, -0.15) is 0 Å². The number of benzene rings is 1. The fraction of sp³-hybridized carbons (Fsp3) is 0.524. The third-order valence-corrected chi connectivity index (χ3v) is 6.92. The van der Waals surface area contributed by atoms with Crippen LogP contribution in [0.1, 0.15) is 60.6 Å². The summed E-state index contributed by atoms with van der Waals surface area (Å²) in [7, 11) is 0. The van der Waals surface area contributed by atoms with E-state index in [-0.39, 0.29) is 23.7 Å². The van der Waals surface area contributed by atoms with E-state index in [0.29, 0.717) is 18.1 Å². The molecule has 1 aromatic heterocycles. The second-order valence-corrected chi connectivity index (χ2v) is 8.95. The maximum Gasteiger partial charge on any atom is 0.229 e. The number of carbonyl (C=O) groups excluding carboxylic acids is 2. The molecular weight excluding hydrogens is 372 g/mol. The molecule has 2 aromatic rings. The first-order chi connectivity index (χ1) is 13.5. The molecule has 1 atom stereocenters. The molecule has 2 heterocycles. The van der Waals surface area contributed by atoms with Crippen molar-refractivity contribution in [3.8, 4) is 0 Å². The molecule has 1 aromatic carbocycles. The largest absolute Gasteiger partial charge is 0.312 e. The molecule has 4 rings (SSSR count). The minimum absolute atomic E-state index is 0.0203. The number of aromatic nitrogens is 2. The highest BCUT2D eigenvalue weighted by Gasteiger charge is 2.34. The zero-order valence-electron chi connectivity index (χ0n) is 16.4. The smallest absolute Gasteiger partial charge is 0.229 e. The lowest BCUT2D eigenvalue weighted by atomic mass is 9.89. The van der Waals surface area contributed by atoms with Crippen molar-refractivity contribution in [3.05, 3.63) is 34.3 Å². The molecule has 1 saturated carbocycles. The topological polar surface area (TPSA) is 75.2 Å². The Morgan fingerprint density at radius 2 is 1.93 bits per heavy atom. The van der Waals surface area contributed by atoms with Crippen molar-refractivity contribution in [3.63, 3.8) is 0 Å². The SMILES string of the molecule is Cc1ccc(N2C[C@@H](c3nnc(NC(=O)C4CCCCC4)s3)CC2=O)cc1C. The van der Waals surface area contributed by atoms with Crippen LogP contribution in [0.15, 0.2) is 18.2 Å². The van der Waals surface area contributed by atoms with Crippen LogP contribution in [0.2, 0.25) is 0 Å². The summed E-state index contributed by atoms with van der Waals surface area (Å²) in [6.45, 7) is 4.73. The van der Waals surface area contributed by atoms with Crippen LogP contribution in [0.4, 0.5) is 10.8 Å². The van der Waals surface area contributed by atoms with Crippen LogP contribution in [0.3, 0.4) is 0 Å². The van der Waals surface area contributed by atoms with Crippen molar-refractivity contribution in [2.45, 2.75) is 58.3 Å². The number of nitrogens with zero attached hydrogens (tertiary/aromatic N) is 3. The van der Waals surface area contributed by atoms with Crippen LogP contribution in [-0.2, 0) is 9.59 Å². The maximum absolute atomic E-state index is 12.6. The van der Waals surface area contributed by atoms with Gasteiger partial charge in [-0.1, -0.05) is 36.7 Å². The van der Waals surface area contributed by atoms with Gasteiger partial charge in [-0.05, 0) is 49.9 Å².